The average molecular weight is 210 g/mol. The number of halogens is 1. The normalized spacial score (nSPS) is 12.2. The van der Waals surface area contributed by atoms with Gasteiger partial charge in [-0.05, 0) is 24.6 Å². The van der Waals surface area contributed by atoms with Crippen LogP contribution in [-0.2, 0) is 11.3 Å². The first kappa shape index (κ1) is 11.7. The number of amides is 1. The van der Waals surface area contributed by atoms with E-state index in [9.17, 15) is 9.18 Å². The van der Waals surface area contributed by atoms with Crippen LogP contribution in [0.1, 0.15) is 12.5 Å². The average Bonchev–Trinajstić information content (AvgIpc) is 2.25. The fraction of sp³-hybridized carbons (Fsp3) is 0.364. The van der Waals surface area contributed by atoms with Crippen molar-refractivity contribution in [3.05, 3.63) is 35.6 Å². The molecule has 0 saturated heterocycles. The zero-order valence-electron chi connectivity index (χ0n) is 8.88. The molecule has 82 valence electrons. The maximum absolute atomic E-state index is 12.8. The number of likely N-dealkylation sites (N-methyl/N-ethyl adjacent to an activating group) is 1. The van der Waals surface area contributed by atoms with E-state index in [0.717, 1.165) is 5.56 Å². The summed E-state index contributed by atoms with van der Waals surface area (Å²) in [7, 11) is 1.59. The molecule has 0 saturated carbocycles. The second kappa shape index (κ2) is 5.46. The summed E-state index contributed by atoms with van der Waals surface area (Å²) in [5.41, 5.74) is 0.825. The Morgan fingerprint density at radius 1 is 1.53 bits per heavy atom. The highest BCUT2D eigenvalue weighted by Gasteiger charge is 2.09. The number of nitrogens with one attached hydrogen (secondary N) is 2. The van der Waals surface area contributed by atoms with Gasteiger partial charge in [0.15, 0.2) is 0 Å². The van der Waals surface area contributed by atoms with E-state index in [4.69, 9.17) is 0 Å². The van der Waals surface area contributed by atoms with Gasteiger partial charge in [-0.2, -0.15) is 0 Å². The minimum Gasteiger partial charge on any atom is -0.358 e. The summed E-state index contributed by atoms with van der Waals surface area (Å²) in [4.78, 5) is 11.2. The summed E-state index contributed by atoms with van der Waals surface area (Å²) in [6, 6.07) is 6.02. The molecule has 0 spiro atoms. The molecule has 2 N–H and O–H groups in total. The van der Waals surface area contributed by atoms with Crippen LogP contribution < -0.4 is 10.6 Å². The molecule has 0 radical (unpaired) electrons. The maximum Gasteiger partial charge on any atom is 0.236 e. The first-order valence-electron chi connectivity index (χ1n) is 4.83. The van der Waals surface area contributed by atoms with Crippen LogP contribution in [0.2, 0.25) is 0 Å². The number of carbonyl (C=O) groups is 1. The Hall–Kier alpha value is -1.42. The third-order valence-corrected chi connectivity index (χ3v) is 2.14. The lowest BCUT2D eigenvalue weighted by Gasteiger charge is -2.11. The fourth-order valence-corrected chi connectivity index (χ4v) is 1.23. The van der Waals surface area contributed by atoms with Crippen LogP contribution in [0.15, 0.2) is 24.3 Å². The van der Waals surface area contributed by atoms with Crippen molar-refractivity contribution in [3.8, 4) is 0 Å². The molecule has 1 unspecified atom stereocenters. The Kier molecular flexibility index (Phi) is 4.24. The van der Waals surface area contributed by atoms with E-state index >= 15 is 0 Å². The molecule has 0 aliphatic carbocycles. The lowest BCUT2D eigenvalue weighted by Crippen LogP contribution is -2.40. The Morgan fingerprint density at radius 2 is 2.27 bits per heavy atom. The molecule has 0 bridgehead atoms. The van der Waals surface area contributed by atoms with Crippen molar-refractivity contribution >= 4 is 5.91 Å². The fourth-order valence-electron chi connectivity index (χ4n) is 1.23. The minimum absolute atomic E-state index is 0.0774. The Balaban J connectivity index is 2.47. The molecule has 15 heavy (non-hydrogen) atoms. The zero-order valence-corrected chi connectivity index (χ0v) is 8.88. The lowest BCUT2D eigenvalue weighted by atomic mass is 10.2. The lowest BCUT2D eigenvalue weighted by molar-refractivity contribution is -0.122. The summed E-state index contributed by atoms with van der Waals surface area (Å²) >= 11 is 0. The van der Waals surface area contributed by atoms with Gasteiger partial charge in [0.25, 0.3) is 0 Å². The number of carbonyl (C=O) groups excluding carboxylic acids is 1. The molecule has 0 aliphatic rings. The van der Waals surface area contributed by atoms with Crippen LogP contribution >= 0.6 is 0 Å². The predicted molar refractivity (Wildman–Crippen MR) is 56.8 cm³/mol. The molecular formula is C11H15FN2O. The molecule has 0 heterocycles. The molecule has 4 heteroatoms. The smallest absolute Gasteiger partial charge is 0.236 e. The van der Waals surface area contributed by atoms with E-state index in [1.165, 1.54) is 12.1 Å². The van der Waals surface area contributed by atoms with Crippen LogP contribution in [0.3, 0.4) is 0 Å². The summed E-state index contributed by atoms with van der Waals surface area (Å²) in [5, 5.41) is 5.53. The molecule has 1 amide bonds. The standard InChI is InChI=1S/C11H15FN2O/c1-8(11(15)13-2)14-7-9-4-3-5-10(12)6-9/h3-6,8,14H,7H2,1-2H3,(H,13,15). The first-order chi connectivity index (χ1) is 7.13. The minimum atomic E-state index is -0.279. The monoisotopic (exact) mass is 210 g/mol. The Labute approximate surface area is 88.7 Å². The van der Waals surface area contributed by atoms with Crippen molar-refractivity contribution in [3.63, 3.8) is 0 Å². The summed E-state index contributed by atoms with van der Waals surface area (Å²) < 4.78 is 12.8. The predicted octanol–water partition coefficient (Wildman–Crippen LogP) is 1.05. The van der Waals surface area contributed by atoms with Crippen LogP contribution in [0.25, 0.3) is 0 Å². The molecular weight excluding hydrogens is 195 g/mol. The van der Waals surface area contributed by atoms with E-state index in [0.29, 0.717) is 6.54 Å². The van der Waals surface area contributed by atoms with E-state index in [2.05, 4.69) is 10.6 Å². The van der Waals surface area contributed by atoms with Gasteiger partial charge in [-0.25, -0.2) is 4.39 Å². The van der Waals surface area contributed by atoms with Crippen LogP contribution in [0.4, 0.5) is 4.39 Å². The third kappa shape index (κ3) is 3.67. The summed E-state index contributed by atoms with van der Waals surface area (Å²) in [6.45, 7) is 2.24. The summed E-state index contributed by atoms with van der Waals surface area (Å²) in [5.74, 6) is -0.340. The van der Waals surface area contributed by atoms with Gasteiger partial charge in [0.2, 0.25) is 5.91 Å². The van der Waals surface area contributed by atoms with Gasteiger partial charge in [0, 0.05) is 13.6 Å². The number of rotatable bonds is 4. The van der Waals surface area contributed by atoms with Crippen LogP contribution in [0.5, 0.6) is 0 Å². The highest BCUT2D eigenvalue weighted by atomic mass is 19.1. The van der Waals surface area contributed by atoms with Gasteiger partial charge in [0.05, 0.1) is 6.04 Å². The molecule has 3 nitrogen and oxygen atoms in total. The van der Waals surface area contributed by atoms with Crippen molar-refractivity contribution < 1.29 is 9.18 Å². The van der Waals surface area contributed by atoms with Crippen molar-refractivity contribution in [2.24, 2.45) is 0 Å². The van der Waals surface area contributed by atoms with Gasteiger partial charge in [-0.15, -0.1) is 0 Å². The maximum atomic E-state index is 12.8. The Morgan fingerprint density at radius 3 is 2.87 bits per heavy atom. The van der Waals surface area contributed by atoms with Crippen LogP contribution in [0, 0.1) is 5.82 Å². The highest BCUT2D eigenvalue weighted by Crippen LogP contribution is 2.03. The second-order valence-electron chi connectivity index (χ2n) is 3.35. The van der Waals surface area contributed by atoms with Crippen molar-refractivity contribution in [1.29, 1.82) is 0 Å². The number of benzene rings is 1. The van der Waals surface area contributed by atoms with E-state index < -0.39 is 0 Å². The SMILES string of the molecule is CNC(=O)C(C)NCc1cccc(F)c1. The van der Waals surface area contributed by atoms with Crippen molar-refractivity contribution in [2.45, 2.75) is 19.5 Å². The van der Waals surface area contributed by atoms with Gasteiger partial charge < -0.3 is 10.6 Å². The molecule has 1 aromatic rings. The Bertz CT molecular complexity index is 341. The zero-order chi connectivity index (χ0) is 11.3. The number of hydrogen-bond acceptors (Lipinski definition) is 2. The van der Waals surface area contributed by atoms with Crippen LogP contribution in [-0.4, -0.2) is 19.0 Å². The van der Waals surface area contributed by atoms with Gasteiger partial charge in [0.1, 0.15) is 5.82 Å². The first-order valence-corrected chi connectivity index (χ1v) is 4.83. The molecule has 1 aromatic carbocycles. The van der Waals surface area contributed by atoms with Crippen molar-refractivity contribution in [2.75, 3.05) is 7.05 Å². The van der Waals surface area contributed by atoms with E-state index in [-0.39, 0.29) is 17.8 Å². The number of hydrogen-bond donors (Lipinski definition) is 2. The second-order valence-corrected chi connectivity index (χ2v) is 3.35. The highest BCUT2D eigenvalue weighted by molar-refractivity contribution is 5.80. The van der Waals surface area contributed by atoms with E-state index in [1.54, 1.807) is 20.0 Å². The third-order valence-electron chi connectivity index (χ3n) is 2.14. The van der Waals surface area contributed by atoms with Gasteiger partial charge >= 0.3 is 0 Å². The van der Waals surface area contributed by atoms with Gasteiger partial charge in [-0.3, -0.25) is 4.79 Å². The molecule has 0 aromatic heterocycles. The van der Waals surface area contributed by atoms with Gasteiger partial charge in [-0.1, -0.05) is 12.1 Å². The molecule has 1 rings (SSSR count). The topological polar surface area (TPSA) is 41.1 Å². The summed E-state index contributed by atoms with van der Waals surface area (Å²) in [6.07, 6.45) is 0. The van der Waals surface area contributed by atoms with E-state index in [1.807, 2.05) is 6.07 Å². The largest absolute Gasteiger partial charge is 0.358 e. The molecule has 0 aliphatic heterocycles. The quantitative estimate of drug-likeness (QED) is 0.780. The molecule has 0 fully saturated rings. The van der Waals surface area contributed by atoms with Crippen molar-refractivity contribution in [1.82, 2.24) is 10.6 Å². The molecule has 1 atom stereocenters.